The summed E-state index contributed by atoms with van der Waals surface area (Å²) in [5.74, 6) is 4.69. The topological polar surface area (TPSA) is 55.1 Å². The van der Waals surface area contributed by atoms with Crippen LogP contribution in [-0.4, -0.2) is 20.9 Å². The maximum Gasteiger partial charge on any atom is 0.356 e. The molecule has 1 heterocycles. The van der Waals surface area contributed by atoms with Crippen LogP contribution in [0.15, 0.2) is 6.20 Å². The van der Waals surface area contributed by atoms with Gasteiger partial charge in [-0.3, -0.25) is 4.68 Å². The summed E-state index contributed by atoms with van der Waals surface area (Å²) in [6.45, 7) is 4.14. The molecule has 0 atom stereocenters. The summed E-state index contributed by atoms with van der Waals surface area (Å²) in [5.41, 5.74) is 0.802. The highest BCUT2D eigenvalue weighted by Gasteiger charge is 2.11. The van der Waals surface area contributed by atoms with Gasteiger partial charge in [0.15, 0.2) is 5.69 Å². The Labute approximate surface area is 82.5 Å². The molecule has 0 unspecified atom stereocenters. The van der Waals surface area contributed by atoms with Crippen molar-refractivity contribution in [1.82, 2.24) is 9.78 Å². The zero-order chi connectivity index (χ0) is 10.6. The number of hydrogen-bond acceptors (Lipinski definition) is 2. The van der Waals surface area contributed by atoms with Crippen LogP contribution in [0.2, 0.25) is 0 Å². The summed E-state index contributed by atoms with van der Waals surface area (Å²) in [5, 5.41) is 12.7. The summed E-state index contributed by atoms with van der Waals surface area (Å²) >= 11 is 0. The Bertz CT molecular complexity index is 396. The van der Waals surface area contributed by atoms with Crippen LogP contribution < -0.4 is 0 Å². The molecule has 0 saturated heterocycles. The lowest BCUT2D eigenvalue weighted by molar-refractivity contribution is 0.0688. The number of hydrogen-bond donors (Lipinski definition) is 1. The lowest BCUT2D eigenvalue weighted by Gasteiger charge is -1.94. The molecule has 0 aliphatic carbocycles. The van der Waals surface area contributed by atoms with Gasteiger partial charge in [-0.15, -0.1) is 11.8 Å². The molecule has 0 fully saturated rings. The van der Waals surface area contributed by atoms with E-state index in [1.54, 1.807) is 24.7 Å². The minimum absolute atomic E-state index is 0.120. The first-order valence-corrected chi connectivity index (χ1v) is 4.32. The molecule has 4 nitrogen and oxygen atoms in total. The number of carbonyl (C=O) groups is 1. The molecule has 1 aromatic heterocycles. The summed E-state index contributed by atoms with van der Waals surface area (Å²) in [7, 11) is 0. The maximum absolute atomic E-state index is 10.7. The largest absolute Gasteiger partial charge is 0.476 e. The number of aromatic nitrogens is 2. The molecule has 0 radical (unpaired) electrons. The predicted octanol–water partition coefficient (Wildman–Crippen LogP) is 1.30. The minimum Gasteiger partial charge on any atom is -0.476 e. The SMILES string of the molecule is CC#CCCn1cc(C)c(C(=O)O)n1. The van der Waals surface area contributed by atoms with Gasteiger partial charge in [-0.2, -0.15) is 5.10 Å². The number of nitrogens with zero attached hydrogens (tertiary/aromatic N) is 2. The van der Waals surface area contributed by atoms with E-state index < -0.39 is 5.97 Å². The van der Waals surface area contributed by atoms with E-state index in [4.69, 9.17) is 5.11 Å². The van der Waals surface area contributed by atoms with E-state index in [0.29, 0.717) is 18.5 Å². The first kappa shape index (κ1) is 10.3. The van der Waals surface area contributed by atoms with E-state index in [0.717, 1.165) is 0 Å². The zero-order valence-corrected chi connectivity index (χ0v) is 8.24. The van der Waals surface area contributed by atoms with E-state index in [1.807, 2.05) is 0 Å². The molecule has 0 aromatic carbocycles. The summed E-state index contributed by atoms with van der Waals surface area (Å²) in [6.07, 6.45) is 2.41. The van der Waals surface area contributed by atoms with E-state index in [1.165, 1.54) is 0 Å². The van der Waals surface area contributed by atoms with Crippen LogP contribution in [0.4, 0.5) is 0 Å². The standard InChI is InChI=1S/C10H12N2O2/c1-3-4-5-6-12-7-8(2)9(11-12)10(13)14/h7H,5-6H2,1-2H3,(H,13,14). The fraction of sp³-hybridized carbons (Fsp3) is 0.400. The molecule has 1 rings (SSSR count). The monoisotopic (exact) mass is 192 g/mol. The van der Waals surface area contributed by atoms with Gasteiger partial charge in [-0.1, -0.05) is 0 Å². The summed E-state index contributed by atoms with van der Waals surface area (Å²) < 4.78 is 1.61. The normalized spacial score (nSPS) is 9.29. The van der Waals surface area contributed by atoms with E-state index in [9.17, 15) is 4.79 Å². The smallest absolute Gasteiger partial charge is 0.356 e. The highest BCUT2D eigenvalue weighted by Crippen LogP contribution is 2.05. The Morgan fingerprint density at radius 2 is 2.43 bits per heavy atom. The second-order valence-electron chi connectivity index (χ2n) is 2.91. The van der Waals surface area contributed by atoms with Gasteiger partial charge >= 0.3 is 5.97 Å². The third-order valence-corrected chi connectivity index (χ3v) is 1.79. The van der Waals surface area contributed by atoms with Crippen molar-refractivity contribution in [3.63, 3.8) is 0 Å². The van der Waals surface area contributed by atoms with Crippen LogP contribution in [0.3, 0.4) is 0 Å². The van der Waals surface area contributed by atoms with Crippen molar-refractivity contribution in [3.05, 3.63) is 17.5 Å². The fourth-order valence-corrected chi connectivity index (χ4v) is 1.14. The Balaban J connectivity index is 2.74. The number of aryl methyl sites for hydroxylation is 2. The van der Waals surface area contributed by atoms with Gasteiger partial charge in [-0.25, -0.2) is 4.79 Å². The van der Waals surface area contributed by atoms with Gasteiger partial charge in [0.05, 0.1) is 6.54 Å². The van der Waals surface area contributed by atoms with Gasteiger partial charge in [0.2, 0.25) is 0 Å². The van der Waals surface area contributed by atoms with Crippen molar-refractivity contribution >= 4 is 5.97 Å². The number of rotatable bonds is 3. The van der Waals surface area contributed by atoms with Crippen molar-refractivity contribution in [2.75, 3.05) is 0 Å². The summed E-state index contributed by atoms with van der Waals surface area (Å²) in [6, 6.07) is 0. The molecule has 0 spiro atoms. The molecule has 0 aliphatic rings. The number of carboxylic acid groups (broad SMARTS) is 1. The van der Waals surface area contributed by atoms with Gasteiger partial charge in [0.25, 0.3) is 0 Å². The number of aromatic carboxylic acids is 1. The third-order valence-electron chi connectivity index (χ3n) is 1.79. The number of carboxylic acids is 1. The average molecular weight is 192 g/mol. The molecule has 0 bridgehead atoms. The predicted molar refractivity (Wildman–Crippen MR) is 52.0 cm³/mol. The van der Waals surface area contributed by atoms with Crippen molar-refractivity contribution in [3.8, 4) is 11.8 Å². The molecule has 4 heteroatoms. The molecule has 0 aliphatic heterocycles. The molecule has 74 valence electrons. The first-order valence-electron chi connectivity index (χ1n) is 4.32. The molecule has 1 aromatic rings. The average Bonchev–Trinajstić information content (AvgIpc) is 2.47. The molecule has 1 N–H and O–H groups in total. The highest BCUT2D eigenvalue weighted by atomic mass is 16.4. The van der Waals surface area contributed by atoms with Crippen LogP contribution in [0.5, 0.6) is 0 Å². The molecular formula is C10H12N2O2. The van der Waals surface area contributed by atoms with Crippen molar-refractivity contribution in [2.24, 2.45) is 0 Å². The van der Waals surface area contributed by atoms with Gasteiger partial charge in [0, 0.05) is 18.2 Å². The van der Waals surface area contributed by atoms with Crippen molar-refractivity contribution in [1.29, 1.82) is 0 Å². The Kier molecular flexibility index (Phi) is 3.29. The highest BCUT2D eigenvalue weighted by molar-refractivity contribution is 5.86. The van der Waals surface area contributed by atoms with Crippen LogP contribution >= 0.6 is 0 Å². The van der Waals surface area contributed by atoms with Crippen LogP contribution in [0, 0.1) is 18.8 Å². The molecule has 0 amide bonds. The lowest BCUT2D eigenvalue weighted by atomic mass is 10.3. The quantitative estimate of drug-likeness (QED) is 0.734. The Morgan fingerprint density at radius 3 is 2.93 bits per heavy atom. The fourth-order valence-electron chi connectivity index (χ4n) is 1.14. The molecule has 0 saturated carbocycles. The maximum atomic E-state index is 10.7. The van der Waals surface area contributed by atoms with Crippen LogP contribution in [0.25, 0.3) is 0 Å². The van der Waals surface area contributed by atoms with Crippen LogP contribution in [-0.2, 0) is 6.54 Å². The first-order chi connectivity index (χ1) is 6.65. The second-order valence-corrected chi connectivity index (χ2v) is 2.91. The van der Waals surface area contributed by atoms with Gasteiger partial charge in [0.1, 0.15) is 0 Å². The van der Waals surface area contributed by atoms with Crippen molar-refractivity contribution in [2.45, 2.75) is 26.8 Å². The van der Waals surface area contributed by atoms with Gasteiger partial charge < -0.3 is 5.11 Å². The lowest BCUT2D eigenvalue weighted by Crippen LogP contribution is -2.02. The Morgan fingerprint density at radius 1 is 1.71 bits per heavy atom. The Hall–Kier alpha value is -1.76. The van der Waals surface area contributed by atoms with Gasteiger partial charge in [-0.05, 0) is 13.8 Å². The van der Waals surface area contributed by atoms with E-state index >= 15 is 0 Å². The molecular weight excluding hydrogens is 180 g/mol. The minimum atomic E-state index is -0.983. The summed E-state index contributed by atoms with van der Waals surface area (Å²) in [4.78, 5) is 10.7. The van der Waals surface area contributed by atoms with E-state index in [-0.39, 0.29) is 5.69 Å². The van der Waals surface area contributed by atoms with E-state index in [2.05, 4.69) is 16.9 Å². The molecule has 14 heavy (non-hydrogen) atoms. The van der Waals surface area contributed by atoms with Crippen molar-refractivity contribution < 1.29 is 9.90 Å². The third kappa shape index (κ3) is 2.36. The zero-order valence-electron chi connectivity index (χ0n) is 8.24. The van der Waals surface area contributed by atoms with Crippen LogP contribution in [0.1, 0.15) is 29.4 Å². The second kappa shape index (κ2) is 4.47.